The number of nitrogens with two attached hydrogens (primary N) is 1. The molecule has 1 saturated carbocycles. The second-order valence-electron chi connectivity index (χ2n) is 5.45. The summed E-state index contributed by atoms with van der Waals surface area (Å²) in [6, 6.07) is -0.102. The quantitative estimate of drug-likeness (QED) is 0.677. The number of hydrogen-bond acceptors (Lipinski definition) is 3. The number of nitrogens with one attached hydrogen (secondary N) is 1. The molecule has 6 atom stereocenters. The predicted molar refractivity (Wildman–Crippen MR) is 76.6 cm³/mol. The van der Waals surface area contributed by atoms with Gasteiger partial charge in [-0.3, -0.25) is 0 Å². The summed E-state index contributed by atoms with van der Waals surface area (Å²) in [6.07, 6.45) is 1.99. The molecule has 18 heavy (non-hydrogen) atoms. The third-order valence-corrected chi connectivity index (χ3v) is 6.15. The number of aliphatic hydroxyl groups is 1. The Labute approximate surface area is 123 Å². The number of hydrogen-bond donors (Lipinski definition) is 3. The Morgan fingerprint density at radius 3 is 2.33 bits per heavy atom. The molecule has 3 nitrogen and oxygen atoms in total. The molecule has 1 heterocycles. The van der Waals surface area contributed by atoms with E-state index in [-0.39, 0.29) is 28.1 Å². The maximum atomic E-state index is 10.2. The summed E-state index contributed by atoms with van der Waals surface area (Å²) >= 11 is 18.7. The molecule has 1 aliphatic carbocycles. The van der Waals surface area contributed by atoms with Crippen molar-refractivity contribution in [2.75, 3.05) is 13.1 Å². The molecule has 1 aliphatic heterocycles. The molecule has 0 bridgehead atoms. The third-order valence-electron chi connectivity index (χ3n) is 4.30. The molecule has 2 rings (SSSR count). The zero-order valence-corrected chi connectivity index (χ0v) is 12.5. The highest BCUT2D eigenvalue weighted by Gasteiger charge is 2.46. The van der Waals surface area contributed by atoms with Crippen molar-refractivity contribution in [1.29, 1.82) is 0 Å². The van der Waals surface area contributed by atoms with Gasteiger partial charge in [-0.15, -0.1) is 34.8 Å². The minimum Gasteiger partial charge on any atom is -0.393 e. The van der Waals surface area contributed by atoms with Gasteiger partial charge in [0, 0.05) is 12.0 Å². The monoisotopic (exact) mass is 314 g/mol. The van der Waals surface area contributed by atoms with Gasteiger partial charge in [-0.2, -0.15) is 0 Å². The van der Waals surface area contributed by atoms with Crippen molar-refractivity contribution in [3.63, 3.8) is 0 Å². The molecule has 0 spiro atoms. The Hall–Kier alpha value is 0.750. The highest BCUT2D eigenvalue weighted by atomic mass is 35.5. The highest BCUT2D eigenvalue weighted by molar-refractivity contribution is 6.35. The van der Waals surface area contributed by atoms with Gasteiger partial charge in [-0.1, -0.05) is 0 Å². The van der Waals surface area contributed by atoms with E-state index < -0.39 is 6.10 Å². The van der Waals surface area contributed by atoms with Crippen molar-refractivity contribution in [3.8, 4) is 0 Å². The maximum Gasteiger partial charge on any atom is 0.0668 e. The van der Waals surface area contributed by atoms with Crippen LogP contribution in [0.3, 0.4) is 0 Å². The van der Waals surface area contributed by atoms with Gasteiger partial charge < -0.3 is 16.2 Å². The van der Waals surface area contributed by atoms with Crippen molar-refractivity contribution in [1.82, 2.24) is 5.32 Å². The van der Waals surface area contributed by atoms with Crippen LogP contribution < -0.4 is 11.1 Å². The Bertz CT molecular complexity index is 276. The summed E-state index contributed by atoms with van der Waals surface area (Å²) in [5.41, 5.74) is 6.34. The SMILES string of the molecule is NC(C1CCNCC1)C1C(O)CC(Cl)C(Cl)C1Cl. The van der Waals surface area contributed by atoms with E-state index in [0.717, 1.165) is 25.9 Å². The molecular weight excluding hydrogens is 295 g/mol. The zero-order valence-electron chi connectivity index (χ0n) is 10.2. The maximum absolute atomic E-state index is 10.2. The Morgan fingerprint density at radius 2 is 1.72 bits per heavy atom. The van der Waals surface area contributed by atoms with Gasteiger partial charge in [0.2, 0.25) is 0 Å². The molecule has 0 aromatic heterocycles. The van der Waals surface area contributed by atoms with E-state index in [2.05, 4.69) is 5.32 Å². The molecule has 6 unspecified atom stereocenters. The molecule has 2 aliphatic rings. The number of rotatable bonds is 2. The summed E-state index contributed by atoms with van der Waals surface area (Å²) in [4.78, 5) is 0. The van der Waals surface area contributed by atoms with Crippen molar-refractivity contribution < 1.29 is 5.11 Å². The van der Waals surface area contributed by atoms with E-state index in [1.54, 1.807) is 0 Å². The van der Waals surface area contributed by atoms with Crippen molar-refractivity contribution in [3.05, 3.63) is 0 Å². The Balaban J connectivity index is 2.05. The van der Waals surface area contributed by atoms with Crippen LogP contribution in [0.25, 0.3) is 0 Å². The van der Waals surface area contributed by atoms with Crippen LogP contribution in [0.1, 0.15) is 19.3 Å². The molecule has 0 aromatic carbocycles. The Kier molecular flexibility index (Phi) is 5.44. The van der Waals surface area contributed by atoms with E-state index in [0.29, 0.717) is 12.3 Å². The third kappa shape index (κ3) is 3.08. The molecular formula is C12H21Cl3N2O. The van der Waals surface area contributed by atoms with Gasteiger partial charge in [-0.25, -0.2) is 0 Å². The number of aliphatic hydroxyl groups excluding tert-OH is 1. The topological polar surface area (TPSA) is 58.3 Å². The van der Waals surface area contributed by atoms with Crippen molar-refractivity contribution >= 4 is 34.8 Å². The Morgan fingerprint density at radius 1 is 1.11 bits per heavy atom. The van der Waals surface area contributed by atoms with Gasteiger partial charge in [0.15, 0.2) is 0 Å². The van der Waals surface area contributed by atoms with E-state index in [1.165, 1.54) is 0 Å². The lowest BCUT2D eigenvalue weighted by molar-refractivity contribution is 0.0453. The summed E-state index contributed by atoms with van der Waals surface area (Å²) in [7, 11) is 0. The molecule has 2 fully saturated rings. The van der Waals surface area contributed by atoms with Gasteiger partial charge in [0.25, 0.3) is 0 Å². The minimum atomic E-state index is -0.546. The highest BCUT2D eigenvalue weighted by Crippen LogP contribution is 2.39. The number of halogens is 3. The molecule has 6 heteroatoms. The summed E-state index contributed by atoms with van der Waals surface area (Å²) in [5.74, 6) is 0.246. The first kappa shape index (κ1) is 15.1. The van der Waals surface area contributed by atoms with Crippen LogP contribution >= 0.6 is 34.8 Å². The summed E-state index contributed by atoms with van der Waals surface area (Å²) < 4.78 is 0. The summed E-state index contributed by atoms with van der Waals surface area (Å²) in [5, 5.41) is 12.6. The number of piperidine rings is 1. The van der Waals surface area contributed by atoms with Crippen LogP contribution in [0, 0.1) is 11.8 Å². The van der Waals surface area contributed by atoms with Crippen LogP contribution in [0.2, 0.25) is 0 Å². The first-order valence-electron chi connectivity index (χ1n) is 6.59. The fraction of sp³-hybridized carbons (Fsp3) is 1.00. The van der Waals surface area contributed by atoms with E-state index >= 15 is 0 Å². The molecule has 4 N–H and O–H groups in total. The lowest BCUT2D eigenvalue weighted by Gasteiger charge is -2.44. The second kappa shape index (κ2) is 6.47. The van der Waals surface area contributed by atoms with Crippen LogP contribution in [-0.2, 0) is 0 Å². The first-order valence-corrected chi connectivity index (χ1v) is 7.90. The fourth-order valence-corrected chi connectivity index (χ4v) is 4.35. The largest absolute Gasteiger partial charge is 0.393 e. The van der Waals surface area contributed by atoms with Gasteiger partial charge in [0.1, 0.15) is 0 Å². The van der Waals surface area contributed by atoms with Crippen LogP contribution in [0.4, 0.5) is 0 Å². The lowest BCUT2D eigenvalue weighted by Crippen LogP contribution is -2.56. The second-order valence-corrected chi connectivity index (χ2v) is 7.02. The first-order chi connectivity index (χ1) is 8.52. The average molecular weight is 316 g/mol. The molecule has 0 aromatic rings. The van der Waals surface area contributed by atoms with Crippen LogP contribution in [-0.4, -0.2) is 46.5 Å². The van der Waals surface area contributed by atoms with Crippen molar-refractivity contribution in [2.24, 2.45) is 17.6 Å². The smallest absolute Gasteiger partial charge is 0.0668 e. The number of alkyl halides is 3. The normalized spacial score (nSPS) is 44.8. The van der Waals surface area contributed by atoms with Gasteiger partial charge in [-0.05, 0) is 38.3 Å². The average Bonchev–Trinajstić information content (AvgIpc) is 2.37. The molecule has 1 saturated heterocycles. The zero-order chi connectivity index (χ0) is 13.3. The summed E-state index contributed by atoms with van der Waals surface area (Å²) in [6.45, 7) is 1.97. The fourth-order valence-electron chi connectivity index (χ4n) is 3.15. The standard InChI is InChI=1S/C12H21Cl3N2O/c13-7-5-8(18)9(11(15)10(7)14)12(16)6-1-3-17-4-2-6/h6-12,17-18H,1-5,16H2. The van der Waals surface area contributed by atoms with Gasteiger partial charge in [0.05, 0.1) is 22.2 Å². The van der Waals surface area contributed by atoms with Crippen LogP contribution in [0.5, 0.6) is 0 Å². The van der Waals surface area contributed by atoms with E-state index in [9.17, 15) is 5.11 Å². The van der Waals surface area contributed by atoms with Crippen LogP contribution in [0.15, 0.2) is 0 Å². The van der Waals surface area contributed by atoms with Gasteiger partial charge >= 0.3 is 0 Å². The molecule has 0 radical (unpaired) electrons. The van der Waals surface area contributed by atoms with E-state index in [1.807, 2.05) is 0 Å². The molecule has 106 valence electrons. The lowest BCUT2D eigenvalue weighted by atomic mass is 9.74. The predicted octanol–water partition coefficient (Wildman–Crippen LogP) is 1.52. The minimum absolute atomic E-state index is 0.102. The van der Waals surface area contributed by atoms with Crippen molar-refractivity contribution in [2.45, 2.75) is 47.5 Å². The van der Waals surface area contributed by atoms with E-state index in [4.69, 9.17) is 40.5 Å². The molecule has 0 amide bonds.